The van der Waals surface area contributed by atoms with Gasteiger partial charge >= 0.3 is 11.8 Å². The number of allylic oxidation sites excluding steroid dienone is 2. The highest BCUT2D eigenvalue weighted by molar-refractivity contribution is 6.35. The number of ether oxygens (including phenoxy) is 1. The Hall–Kier alpha value is -2.63. The molecule has 0 saturated heterocycles. The molecule has 1 aromatic carbocycles. The second-order valence-electron chi connectivity index (χ2n) is 5.53. The molecule has 0 bridgehead atoms. The van der Waals surface area contributed by atoms with E-state index in [0.717, 1.165) is 23.3 Å². The van der Waals surface area contributed by atoms with Gasteiger partial charge in [-0.1, -0.05) is 39.0 Å². The zero-order valence-corrected chi connectivity index (χ0v) is 17.4. The number of aliphatic imine (C=N–C) groups is 1. The first kappa shape index (κ1) is 24.4. The summed E-state index contributed by atoms with van der Waals surface area (Å²) in [5.41, 5.74) is 2.77. The maximum Gasteiger partial charge on any atom is 0.309 e. The molecule has 1 rings (SSSR count). The van der Waals surface area contributed by atoms with Crippen LogP contribution in [0, 0.1) is 6.92 Å². The van der Waals surface area contributed by atoms with Crippen LogP contribution < -0.4 is 15.4 Å². The van der Waals surface area contributed by atoms with Crippen LogP contribution in [0.4, 0.5) is 0 Å². The van der Waals surface area contributed by atoms with Gasteiger partial charge in [-0.25, -0.2) is 0 Å². The van der Waals surface area contributed by atoms with Crippen LogP contribution in [0.1, 0.15) is 44.7 Å². The molecule has 150 valence electrons. The molecule has 0 heterocycles. The van der Waals surface area contributed by atoms with E-state index >= 15 is 0 Å². The zero-order valence-electron chi connectivity index (χ0n) is 17.4. The van der Waals surface area contributed by atoms with Crippen molar-refractivity contribution in [2.75, 3.05) is 20.7 Å². The molecule has 0 aliphatic heterocycles. The number of nitrogens with one attached hydrogen (secondary N) is 2. The van der Waals surface area contributed by atoms with Gasteiger partial charge in [0.1, 0.15) is 5.75 Å². The summed E-state index contributed by atoms with van der Waals surface area (Å²) in [5.74, 6) is -0.630. The number of amides is 2. The molecule has 0 aliphatic rings. The van der Waals surface area contributed by atoms with Crippen molar-refractivity contribution in [2.45, 2.75) is 47.1 Å². The van der Waals surface area contributed by atoms with Gasteiger partial charge in [-0.05, 0) is 31.1 Å². The van der Waals surface area contributed by atoms with E-state index in [0.29, 0.717) is 18.7 Å². The summed E-state index contributed by atoms with van der Waals surface area (Å²) in [7, 11) is 3.28. The number of hydrogen-bond donors (Lipinski definition) is 2. The average Bonchev–Trinajstić information content (AvgIpc) is 2.70. The lowest BCUT2D eigenvalue weighted by molar-refractivity contribution is -0.139. The van der Waals surface area contributed by atoms with Crippen molar-refractivity contribution in [3.8, 4) is 5.75 Å². The van der Waals surface area contributed by atoms with E-state index in [9.17, 15) is 9.59 Å². The van der Waals surface area contributed by atoms with Crippen LogP contribution in [0.25, 0.3) is 0 Å². The van der Waals surface area contributed by atoms with E-state index in [1.165, 1.54) is 0 Å². The minimum Gasteiger partial charge on any atom is -0.496 e. The van der Waals surface area contributed by atoms with Crippen molar-refractivity contribution in [1.82, 2.24) is 10.6 Å². The Morgan fingerprint density at radius 2 is 1.85 bits per heavy atom. The lowest BCUT2D eigenvalue weighted by atomic mass is 10.1. The molecule has 0 atom stereocenters. The lowest BCUT2D eigenvalue weighted by Gasteiger charge is -2.10. The standard InChI is InChI=1S/C19H27N3O3.C2H6/c1-5-6-7-16(20-3)10-11-21-18(23)19(24)22-13-15-9-8-14(2)12-17(15)25-4;1-2/h6-9,12H,5,10-11,13H2,1-4H3,(H,21,23)(H,22,24);1-2H3/b7-6-,20-16?;. The van der Waals surface area contributed by atoms with Crippen molar-refractivity contribution in [3.63, 3.8) is 0 Å². The molecular weight excluding hydrogens is 342 g/mol. The fraction of sp³-hybridized carbons (Fsp3) is 0.476. The van der Waals surface area contributed by atoms with Crippen molar-refractivity contribution in [1.29, 1.82) is 0 Å². The summed E-state index contributed by atoms with van der Waals surface area (Å²) in [6.45, 7) is 8.60. The Balaban J connectivity index is 0.00000326. The molecule has 2 N–H and O–H groups in total. The predicted molar refractivity (Wildman–Crippen MR) is 111 cm³/mol. The van der Waals surface area contributed by atoms with Gasteiger partial charge in [0.05, 0.1) is 7.11 Å². The minimum atomic E-state index is -0.665. The van der Waals surface area contributed by atoms with Crippen LogP contribution in [0.2, 0.25) is 0 Å². The van der Waals surface area contributed by atoms with Crippen molar-refractivity contribution in [3.05, 3.63) is 41.5 Å². The van der Waals surface area contributed by atoms with Gasteiger partial charge in [0, 0.05) is 37.8 Å². The van der Waals surface area contributed by atoms with E-state index in [1.54, 1.807) is 14.2 Å². The van der Waals surface area contributed by atoms with Crippen LogP contribution in [-0.2, 0) is 16.1 Å². The SMILES string of the molecule is CC.CC/C=C\C(CCNC(=O)C(=O)NCc1ccc(C)cc1OC)=NC. The van der Waals surface area contributed by atoms with Crippen LogP contribution in [0.15, 0.2) is 35.3 Å². The van der Waals surface area contributed by atoms with E-state index < -0.39 is 11.8 Å². The fourth-order valence-electron chi connectivity index (χ4n) is 2.16. The Morgan fingerprint density at radius 3 is 2.44 bits per heavy atom. The molecule has 2 amide bonds. The molecule has 0 saturated carbocycles. The first-order valence-electron chi connectivity index (χ1n) is 9.33. The maximum absolute atomic E-state index is 11.9. The molecule has 6 heteroatoms. The highest BCUT2D eigenvalue weighted by Crippen LogP contribution is 2.19. The predicted octanol–water partition coefficient (Wildman–Crippen LogP) is 3.19. The second kappa shape index (κ2) is 14.5. The number of carbonyl (C=O) groups is 2. The molecular formula is C21H33N3O3. The first-order chi connectivity index (χ1) is 13.0. The third-order valence-electron chi connectivity index (χ3n) is 3.59. The molecule has 6 nitrogen and oxygen atoms in total. The summed E-state index contributed by atoms with van der Waals surface area (Å²) in [6, 6.07) is 5.69. The molecule has 1 aromatic rings. The van der Waals surface area contributed by atoms with Gasteiger partial charge in [0.15, 0.2) is 0 Å². The van der Waals surface area contributed by atoms with Gasteiger partial charge in [-0.3, -0.25) is 14.6 Å². The van der Waals surface area contributed by atoms with Gasteiger partial charge in [-0.15, -0.1) is 0 Å². The van der Waals surface area contributed by atoms with Gasteiger partial charge in [0.2, 0.25) is 0 Å². The lowest BCUT2D eigenvalue weighted by Crippen LogP contribution is -2.40. The Bertz CT molecular complexity index is 652. The van der Waals surface area contributed by atoms with Crippen LogP contribution in [0.5, 0.6) is 5.75 Å². The number of methoxy groups -OCH3 is 1. The number of hydrogen-bond acceptors (Lipinski definition) is 4. The topological polar surface area (TPSA) is 79.8 Å². The normalized spacial score (nSPS) is 10.8. The largest absolute Gasteiger partial charge is 0.496 e. The summed E-state index contributed by atoms with van der Waals surface area (Å²) in [6.07, 6.45) is 5.44. The fourth-order valence-corrected chi connectivity index (χ4v) is 2.16. The maximum atomic E-state index is 11.9. The quantitative estimate of drug-likeness (QED) is 0.541. The number of carbonyl (C=O) groups excluding carboxylic acids is 2. The van der Waals surface area contributed by atoms with E-state index in [1.807, 2.05) is 58.0 Å². The molecule has 27 heavy (non-hydrogen) atoms. The van der Waals surface area contributed by atoms with E-state index in [2.05, 4.69) is 15.6 Å². The van der Waals surface area contributed by atoms with Crippen molar-refractivity contribution >= 4 is 17.5 Å². The third kappa shape index (κ3) is 9.58. The highest BCUT2D eigenvalue weighted by atomic mass is 16.5. The Labute approximate surface area is 163 Å². The molecule has 0 radical (unpaired) electrons. The minimum absolute atomic E-state index is 0.233. The summed E-state index contributed by atoms with van der Waals surface area (Å²) in [5, 5.41) is 5.20. The number of rotatable bonds is 8. The molecule has 0 spiro atoms. The number of aryl methyl sites for hydroxylation is 1. The van der Waals surface area contributed by atoms with Crippen LogP contribution in [-0.4, -0.2) is 38.2 Å². The highest BCUT2D eigenvalue weighted by Gasteiger charge is 2.13. The van der Waals surface area contributed by atoms with Crippen LogP contribution in [0.3, 0.4) is 0 Å². The zero-order chi connectivity index (χ0) is 20.7. The molecule has 0 aliphatic carbocycles. The van der Waals surface area contributed by atoms with E-state index in [4.69, 9.17) is 4.74 Å². The van der Waals surface area contributed by atoms with Gasteiger partial charge < -0.3 is 15.4 Å². The first-order valence-corrected chi connectivity index (χ1v) is 9.33. The number of benzene rings is 1. The summed E-state index contributed by atoms with van der Waals surface area (Å²) < 4.78 is 5.28. The summed E-state index contributed by atoms with van der Waals surface area (Å²) in [4.78, 5) is 27.9. The Morgan fingerprint density at radius 1 is 1.19 bits per heavy atom. The number of nitrogens with zero attached hydrogens (tertiary/aromatic N) is 1. The van der Waals surface area contributed by atoms with Crippen molar-refractivity contribution < 1.29 is 14.3 Å². The Kier molecular flexibility index (Phi) is 13.1. The second-order valence-corrected chi connectivity index (χ2v) is 5.53. The molecule has 0 fully saturated rings. The molecule has 0 unspecified atom stereocenters. The molecule has 0 aromatic heterocycles. The third-order valence-corrected chi connectivity index (χ3v) is 3.59. The average molecular weight is 376 g/mol. The monoisotopic (exact) mass is 375 g/mol. The van der Waals surface area contributed by atoms with Crippen LogP contribution >= 0.6 is 0 Å². The van der Waals surface area contributed by atoms with E-state index in [-0.39, 0.29) is 6.54 Å². The smallest absolute Gasteiger partial charge is 0.309 e. The van der Waals surface area contributed by atoms with Gasteiger partial charge in [-0.2, -0.15) is 0 Å². The summed E-state index contributed by atoms with van der Waals surface area (Å²) >= 11 is 0. The van der Waals surface area contributed by atoms with Gasteiger partial charge in [0.25, 0.3) is 0 Å². The van der Waals surface area contributed by atoms with Crippen molar-refractivity contribution in [2.24, 2.45) is 4.99 Å².